The number of pyridine rings is 1. The van der Waals surface area contributed by atoms with Crippen LogP contribution in [0.25, 0.3) is 0 Å². The summed E-state index contributed by atoms with van der Waals surface area (Å²) in [5, 5.41) is 2.76. The van der Waals surface area contributed by atoms with Gasteiger partial charge in [-0.15, -0.1) is 4.40 Å². The fraction of sp³-hybridized carbons (Fsp3) is 0.235. The fourth-order valence-corrected chi connectivity index (χ4v) is 3.55. The van der Waals surface area contributed by atoms with E-state index in [4.69, 9.17) is 16.2 Å². The third-order valence-corrected chi connectivity index (χ3v) is 4.82. The van der Waals surface area contributed by atoms with Crippen molar-refractivity contribution in [3.8, 4) is 5.75 Å². The fourth-order valence-electron chi connectivity index (χ4n) is 2.71. The molecule has 154 valence electrons. The Hall–Kier alpha value is -3.54. The second kappa shape index (κ2) is 7.13. The number of anilines is 2. The largest absolute Gasteiger partial charge is 0.490 e. The lowest BCUT2D eigenvalue weighted by atomic mass is 10.1. The number of benzene rings is 1. The zero-order chi connectivity index (χ0) is 21.4. The number of H-pyrrole nitrogens is 1. The molecule has 0 atom stereocenters. The smallest absolute Gasteiger partial charge is 0.344 e. The van der Waals surface area contributed by atoms with Gasteiger partial charge in [-0.2, -0.15) is 8.42 Å². The van der Waals surface area contributed by atoms with Gasteiger partial charge in [0, 0.05) is 11.6 Å². The van der Waals surface area contributed by atoms with Gasteiger partial charge in [-0.3, -0.25) is 14.3 Å². The molecule has 0 bridgehead atoms. The van der Waals surface area contributed by atoms with E-state index in [1.165, 1.54) is 12.1 Å². The number of rotatable bonds is 5. The number of amidine groups is 1. The predicted octanol–water partition coefficient (Wildman–Crippen LogP) is -0.0799. The molecule has 0 saturated carbocycles. The van der Waals surface area contributed by atoms with E-state index in [2.05, 4.69) is 19.4 Å². The van der Waals surface area contributed by atoms with Crippen LogP contribution in [-0.2, 0) is 10.2 Å². The van der Waals surface area contributed by atoms with Crippen molar-refractivity contribution in [3.63, 3.8) is 0 Å². The molecule has 7 N–H and O–H groups in total. The molecular formula is C17H20N6O5S. The molecule has 0 aliphatic carbocycles. The van der Waals surface area contributed by atoms with Gasteiger partial charge in [0.15, 0.2) is 5.84 Å². The summed E-state index contributed by atoms with van der Waals surface area (Å²) in [7, 11) is -3.90. The number of nitrogens with zero attached hydrogens (tertiary/aromatic N) is 1. The van der Waals surface area contributed by atoms with Gasteiger partial charge in [-0.25, -0.2) is 0 Å². The second-order valence-electron chi connectivity index (χ2n) is 7.05. The highest BCUT2D eigenvalue weighted by atomic mass is 32.2. The number of aromatic nitrogens is 1. The van der Waals surface area contributed by atoms with Gasteiger partial charge >= 0.3 is 10.2 Å². The molecule has 2 aromatic rings. The molecule has 0 fully saturated rings. The summed E-state index contributed by atoms with van der Waals surface area (Å²) in [6.07, 6.45) is 0. The van der Waals surface area contributed by atoms with Gasteiger partial charge < -0.3 is 26.5 Å². The highest BCUT2D eigenvalue weighted by molar-refractivity contribution is 7.91. The Balaban J connectivity index is 1.76. The van der Waals surface area contributed by atoms with E-state index in [9.17, 15) is 18.0 Å². The van der Waals surface area contributed by atoms with Crippen LogP contribution in [0.2, 0.25) is 0 Å². The Morgan fingerprint density at radius 1 is 1.28 bits per heavy atom. The van der Waals surface area contributed by atoms with Gasteiger partial charge in [0.05, 0.1) is 16.8 Å². The lowest BCUT2D eigenvalue weighted by molar-refractivity contribution is 0.0880. The highest BCUT2D eigenvalue weighted by Crippen LogP contribution is 2.30. The first-order chi connectivity index (χ1) is 13.5. The summed E-state index contributed by atoms with van der Waals surface area (Å²) in [5.41, 5.74) is 10.7. The zero-order valence-corrected chi connectivity index (χ0v) is 16.5. The Morgan fingerprint density at radius 2 is 2.00 bits per heavy atom. The molecule has 12 heteroatoms. The third-order valence-electron chi connectivity index (χ3n) is 3.91. The van der Waals surface area contributed by atoms with Gasteiger partial charge in [-0.05, 0) is 32.0 Å². The third kappa shape index (κ3) is 4.66. The van der Waals surface area contributed by atoms with Crippen molar-refractivity contribution in [1.82, 2.24) is 10.3 Å². The van der Waals surface area contributed by atoms with Crippen LogP contribution in [0.3, 0.4) is 0 Å². The van der Waals surface area contributed by atoms with Crippen LogP contribution < -0.4 is 31.8 Å². The van der Waals surface area contributed by atoms with Crippen LogP contribution in [0.15, 0.2) is 39.5 Å². The van der Waals surface area contributed by atoms with Crippen molar-refractivity contribution in [2.75, 3.05) is 17.1 Å². The SMILES string of the molecule is CC(C)(COc1cccc2c1C(N)=NS(=O)(=O)N2)NC(=O)c1cc(N)[nH]c(=O)c1. The van der Waals surface area contributed by atoms with E-state index < -0.39 is 27.2 Å². The molecule has 1 aliphatic rings. The molecule has 0 radical (unpaired) electrons. The Morgan fingerprint density at radius 3 is 2.69 bits per heavy atom. The van der Waals surface area contributed by atoms with Crippen molar-refractivity contribution in [1.29, 1.82) is 0 Å². The normalized spacial score (nSPS) is 14.9. The van der Waals surface area contributed by atoms with Crippen LogP contribution >= 0.6 is 0 Å². The minimum Gasteiger partial charge on any atom is -0.490 e. The van der Waals surface area contributed by atoms with Crippen molar-refractivity contribution >= 4 is 33.5 Å². The molecule has 1 amide bonds. The standard InChI is InChI=1S/C17H20N6O5S/c1-17(2,21-16(25)9-6-12(18)20-13(24)7-9)8-28-11-5-3-4-10-14(11)15(19)23-29(26,27)22-10/h3-7,22H,8H2,1-2H3,(H2,19,23)(H,21,25)(H3,18,20,24). The Bertz CT molecular complexity index is 1170. The van der Waals surface area contributed by atoms with Crippen molar-refractivity contribution < 1.29 is 17.9 Å². The average molecular weight is 420 g/mol. The summed E-state index contributed by atoms with van der Waals surface area (Å²) in [4.78, 5) is 26.3. The van der Waals surface area contributed by atoms with Crippen molar-refractivity contribution in [2.45, 2.75) is 19.4 Å². The summed E-state index contributed by atoms with van der Waals surface area (Å²) >= 11 is 0. The summed E-state index contributed by atoms with van der Waals surface area (Å²) < 4.78 is 34.8. The first-order valence-electron chi connectivity index (χ1n) is 8.42. The van der Waals surface area contributed by atoms with E-state index in [0.29, 0.717) is 11.3 Å². The van der Waals surface area contributed by atoms with Crippen LogP contribution in [0.1, 0.15) is 29.8 Å². The van der Waals surface area contributed by atoms with E-state index >= 15 is 0 Å². The molecular weight excluding hydrogens is 400 g/mol. The summed E-state index contributed by atoms with van der Waals surface area (Å²) in [6, 6.07) is 7.23. The molecule has 2 heterocycles. The van der Waals surface area contributed by atoms with Gasteiger partial charge in [0.25, 0.3) is 5.91 Å². The minimum atomic E-state index is -3.90. The van der Waals surface area contributed by atoms with E-state index in [1.807, 2.05) is 0 Å². The zero-order valence-electron chi connectivity index (χ0n) is 15.6. The first-order valence-corrected chi connectivity index (χ1v) is 9.86. The number of hydrogen-bond acceptors (Lipinski definition) is 7. The topological polar surface area (TPSA) is 182 Å². The maximum atomic E-state index is 12.4. The highest BCUT2D eigenvalue weighted by Gasteiger charge is 2.27. The minimum absolute atomic E-state index is 0.0217. The van der Waals surface area contributed by atoms with Crippen molar-refractivity contribution in [2.24, 2.45) is 10.1 Å². The molecule has 3 rings (SSSR count). The molecule has 29 heavy (non-hydrogen) atoms. The lowest BCUT2D eigenvalue weighted by Crippen LogP contribution is -2.48. The van der Waals surface area contributed by atoms with Crippen LogP contribution in [0, 0.1) is 0 Å². The van der Waals surface area contributed by atoms with Crippen molar-refractivity contribution in [3.05, 3.63) is 51.8 Å². The number of nitrogens with one attached hydrogen (secondary N) is 3. The number of amides is 1. The number of carbonyl (C=O) groups is 1. The Labute approximate surface area is 166 Å². The van der Waals surface area contributed by atoms with E-state index in [-0.39, 0.29) is 29.5 Å². The second-order valence-corrected chi connectivity index (χ2v) is 8.38. The first kappa shape index (κ1) is 20.2. The quantitative estimate of drug-likeness (QED) is 0.448. The molecule has 1 aromatic carbocycles. The lowest BCUT2D eigenvalue weighted by Gasteiger charge is -2.27. The van der Waals surface area contributed by atoms with Crippen LogP contribution in [0.4, 0.5) is 11.5 Å². The molecule has 1 aliphatic heterocycles. The van der Waals surface area contributed by atoms with Gasteiger partial charge in [0.1, 0.15) is 18.2 Å². The molecule has 0 spiro atoms. The average Bonchev–Trinajstić information content (AvgIpc) is 2.57. The molecule has 1 aromatic heterocycles. The summed E-state index contributed by atoms with van der Waals surface area (Å²) in [5.74, 6) is -0.325. The number of nitrogens with two attached hydrogens (primary N) is 2. The monoisotopic (exact) mass is 420 g/mol. The van der Waals surface area contributed by atoms with E-state index in [0.717, 1.165) is 6.07 Å². The predicted molar refractivity (Wildman–Crippen MR) is 108 cm³/mol. The number of aromatic amines is 1. The van der Waals surface area contributed by atoms with Crippen LogP contribution in [-0.4, -0.2) is 37.3 Å². The number of nitrogen functional groups attached to an aromatic ring is 1. The van der Waals surface area contributed by atoms with Crippen LogP contribution in [0.5, 0.6) is 5.75 Å². The Kier molecular flexibility index (Phi) is 4.96. The van der Waals surface area contributed by atoms with Gasteiger partial charge in [-0.1, -0.05) is 6.07 Å². The maximum absolute atomic E-state index is 12.4. The molecule has 11 nitrogen and oxygen atoms in total. The molecule has 0 saturated heterocycles. The number of hydrogen-bond donors (Lipinski definition) is 5. The van der Waals surface area contributed by atoms with Gasteiger partial charge in [0.2, 0.25) is 5.56 Å². The maximum Gasteiger partial charge on any atom is 0.344 e. The number of carbonyl (C=O) groups excluding carboxylic acids is 1. The summed E-state index contributed by atoms with van der Waals surface area (Å²) in [6.45, 7) is 3.46. The van der Waals surface area contributed by atoms with E-state index in [1.54, 1.807) is 26.0 Å². The molecule has 0 unspecified atom stereocenters. The number of fused-ring (bicyclic) bond motifs is 1. The number of ether oxygens (including phenoxy) is 1.